The van der Waals surface area contributed by atoms with E-state index < -0.39 is 12.0 Å². The fourth-order valence-electron chi connectivity index (χ4n) is 9.07. The van der Waals surface area contributed by atoms with Crippen molar-refractivity contribution in [2.45, 2.75) is 68.7 Å². The highest BCUT2D eigenvalue weighted by atomic mass is 19.1. The van der Waals surface area contributed by atoms with Crippen LogP contribution in [0.2, 0.25) is 0 Å². The summed E-state index contributed by atoms with van der Waals surface area (Å²) in [6.07, 6.45) is 5.75. The quantitative estimate of drug-likeness (QED) is 0.279. The van der Waals surface area contributed by atoms with E-state index in [4.69, 9.17) is 14.7 Å². The Morgan fingerprint density at radius 2 is 1.74 bits per heavy atom. The van der Waals surface area contributed by atoms with Gasteiger partial charge < -0.3 is 25.0 Å². The second-order valence-electron chi connectivity index (χ2n) is 14.1. The zero-order valence-corrected chi connectivity index (χ0v) is 26.0. The molecule has 0 saturated carbocycles. The topological polar surface area (TPSA) is 77.0 Å². The number of phenols is 1. The van der Waals surface area contributed by atoms with E-state index in [9.17, 15) is 9.50 Å². The Morgan fingerprint density at radius 3 is 2.57 bits per heavy atom. The number of hydrogen-bond donors (Lipinski definition) is 2. The number of aromatic hydroxyl groups is 1. The van der Waals surface area contributed by atoms with Gasteiger partial charge >= 0.3 is 6.01 Å². The SMILES string of the molecule is Oc1cc(-c2c(N3CCCC3)cc3c(N4C[C@H]5CC[C@@H](C4)N5)nc(OC[C@@]45CCCN4C[C@H](F)C5)nc3c2F)c2ccccc2c1. The molecule has 2 bridgehead atoms. The number of halogens is 2. The van der Waals surface area contributed by atoms with Crippen molar-refractivity contribution in [1.29, 1.82) is 0 Å². The van der Waals surface area contributed by atoms with Crippen molar-refractivity contribution >= 4 is 33.2 Å². The van der Waals surface area contributed by atoms with Crippen LogP contribution < -0.4 is 19.9 Å². The number of aromatic nitrogens is 2. The van der Waals surface area contributed by atoms with Gasteiger partial charge in [0.15, 0.2) is 5.82 Å². The molecule has 5 aliphatic heterocycles. The van der Waals surface area contributed by atoms with Crippen LogP contribution in [0.4, 0.5) is 20.3 Å². The number of nitrogens with zero attached hydrogens (tertiary/aromatic N) is 5. The maximum atomic E-state index is 17.5. The molecule has 240 valence electrons. The van der Waals surface area contributed by atoms with Crippen LogP contribution in [0, 0.1) is 5.82 Å². The van der Waals surface area contributed by atoms with E-state index >= 15 is 4.39 Å². The molecule has 0 spiro atoms. The molecule has 9 rings (SSSR count). The number of hydrogen-bond acceptors (Lipinski definition) is 8. The molecular formula is C36H40F2N6O2. The number of phenolic OH excluding ortho intramolecular Hbond substituents is 1. The van der Waals surface area contributed by atoms with Gasteiger partial charge in [-0.1, -0.05) is 24.3 Å². The molecule has 3 aromatic carbocycles. The molecule has 0 unspecified atom stereocenters. The lowest BCUT2D eigenvalue weighted by atomic mass is 9.94. The smallest absolute Gasteiger partial charge is 0.319 e. The van der Waals surface area contributed by atoms with Gasteiger partial charge in [0.2, 0.25) is 0 Å². The van der Waals surface area contributed by atoms with Gasteiger partial charge in [-0.05, 0) is 79.6 Å². The molecule has 5 saturated heterocycles. The van der Waals surface area contributed by atoms with Crippen LogP contribution in [0.3, 0.4) is 0 Å². The molecule has 1 aromatic heterocycles. The molecule has 6 heterocycles. The Kier molecular flexibility index (Phi) is 6.75. The lowest BCUT2D eigenvalue weighted by molar-refractivity contribution is 0.107. The van der Waals surface area contributed by atoms with Gasteiger partial charge in [-0.15, -0.1) is 0 Å². The lowest BCUT2D eigenvalue weighted by Crippen LogP contribution is -2.51. The number of fused-ring (bicyclic) bond motifs is 5. The maximum absolute atomic E-state index is 17.5. The van der Waals surface area contributed by atoms with Crippen molar-refractivity contribution in [3.05, 3.63) is 48.3 Å². The third-order valence-electron chi connectivity index (χ3n) is 11.2. The zero-order chi connectivity index (χ0) is 31.0. The second-order valence-corrected chi connectivity index (χ2v) is 14.1. The van der Waals surface area contributed by atoms with Gasteiger partial charge in [0.05, 0.1) is 5.54 Å². The monoisotopic (exact) mass is 626 g/mol. The first-order valence-corrected chi connectivity index (χ1v) is 17.0. The highest BCUT2D eigenvalue weighted by molar-refractivity contribution is 6.05. The van der Waals surface area contributed by atoms with E-state index in [0.29, 0.717) is 47.4 Å². The first-order chi connectivity index (χ1) is 22.4. The first-order valence-electron chi connectivity index (χ1n) is 17.0. The van der Waals surface area contributed by atoms with Crippen LogP contribution in [0.25, 0.3) is 32.8 Å². The van der Waals surface area contributed by atoms with E-state index in [1.165, 1.54) is 0 Å². The summed E-state index contributed by atoms with van der Waals surface area (Å²) < 4.78 is 38.4. The summed E-state index contributed by atoms with van der Waals surface area (Å²) in [5.74, 6) is 0.347. The number of benzene rings is 3. The van der Waals surface area contributed by atoms with Gasteiger partial charge in [-0.25, -0.2) is 8.78 Å². The van der Waals surface area contributed by atoms with Crippen LogP contribution in [-0.4, -0.2) is 89.6 Å². The molecule has 0 aliphatic carbocycles. The summed E-state index contributed by atoms with van der Waals surface area (Å²) in [6.45, 7) is 4.81. The summed E-state index contributed by atoms with van der Waals surface area (Å²) in [7, 11) is 0. The minimum Gasteiger partial charge on any atom is -0.508 e. The molecule has 2 N–H and O–H groups in total. The average molecular weight is 627 g/mol. The molecule has 10 heteroatoms. The summed E-state index contributed by atoms with van der Waals surface area (Å²) in [5.41, 5.74) is 1.73. The van der Waals surface area contributed by atoms with Crippen molar-refractivity contribution in [3.63, 3.8) is 0 Å². The second kappa shape index (κ2) is 10.9. The highest BCUT2D eigenvalue weighted by Gasteiger charge is 2.49. The zero-order valence-electron chi connectivity index (χ0n) is 26.0. The standard InChI is InChI=1S/C36H40F2N6O2/c37-23-17-36(10-5-13-44(36)18-23)21-46-35-40-33-29(34(41-35)43-19-24-8-9-25(20-43)39-24)16-30(42-11-3-4-12-42)31(32(33)38)28-15-26(45)14-22-6-1-2-7-27(22)28/h1-2,6-7,14-16,23-25,39,45H,3-5,8-13,17-21H2/t23-,24-,25+,36+/m1/s1. The highest BCUT2D eigenvalue weighted by Crippen LogP contribution is 2.46. The Hall–Kier alpha value is -3.76. The molecule has 4 aromatic rings. The van der Waals surface area contributed by atoms with Gasteiger partial charge in [0.1, 0.15) is 29.9 Å². The number of piperazine rings is 1. The Morgan fingerprint density at radius 1 is 0.935 bits per heavy atom. The summed E-state index contributed by atoms with van der Waals surface area (Å²) in [5, 5.41) is 16.9. The van der Waals surface area contributed by atoms with Crippen molar-refractivity contribution in [2.75, 3.05) is 55.7 Å². The number of nitrogens with one attached hydrogen (secondary N) is 1. The van der Waals surface area contributed by atoms with Crippen LogP contribution in [0.15, 0.2) is 42.5 Å². The average Bonchev–Trinajstić information content (AvgIpc) is 3.84. The molecule has 5 aliphatic rings. The van der Waals surface area contributed by atoms with Gasteiger partial charge in [-0.3, -0.25) is 4.90 Å². The van der Waals surface area contributed by atoms with Crippen molar-refractivity contribution in [3.8, 4) is 22.9 Å². The molecular weight excluding hydrogens is 586 g/mol. The van der Waals surface area contributed by atoms with E-state index in [1.807, 2.05) is 24.3 Å². The fraction of sp³-hybridized carbons (Fsp3) is 0.500. The minimum atomic E-state index is -0.866. The number of anilines is 2. The fourth-order valence-corrected chi connectivity index (χ4v) is 9.07. The van der Waals surface area contributed by atoms with Gasteiger partial charge in [0.25, 0.3) is 0 Å². The normalized spacial score (nSPS) is 27.7. The molecule has 46 heavy (non-hydrogen) atoms. The summed E-state index contributed by atoms with van der Waals surface area (Å²) in [6, 6.07) is 14.1. The Labute approximate surface area is 267 Å². The predicted molar refractivity (Wildman–Crippen MR) is 176 cm³/mol. The summed E-state index contributed by atoms with van der Waals surface area (Å²) >= 11 is 0. The van der Waals surface area contributed by atoms with E-state index in [2.05, 4.69) is 26.1 Å². The van der Waals surface area contributed by atoms with Gasteiger partial charge in [0, 0.05) is 67.9 Å². The number of alkyl halides is 1. The van der Waals surface area contributed by atoms with Crippen LogP contribution in [0.1, 0.15) is 44.9 Å². The lowest BCUT2D eigenvalue weighted by Gasteiger charge is -2.35. The summed E-state index contributed by atoms with van der Waals surface area (Å²) in [4.78, 5) is 16.5. The van der Waals surface area contributed by atoms with Crippen molar-refractivity contribution in [2.24, 2.45) is 0 Å². The maximum Gasteiger partial charge on any atom is 0.319 e. The molecule has 4 atom stereocenters. The molecule has 0 radical (unpaired) electrons. The van der Waals surface area contributed by atoms with Crippen LogP contribution >= 0.6 is 0 Å². The van der Waals surface area contributed by atoms with Crippen LogP contribution in [-0.2, 0) is 0 Å². The third-order valence-corrected chi connectivity index (χ3v) is 11.2. The largest absolute Gasteiger partial charge is 0.508 e. The molecule has 8 nitrogen and oxygen atoms in total. The van der Waals surface area contributed by atoms with Crippen molar-refractivity contribution < 1.29 is 18.6 Å². The minimum absolute atomic E-state index is 0.0902. The number of ether oxygens (including phenoxy) is 1. The third kappa shape index (κ3) is 4.67. The Bertz CT molecular complexity index is 1820. The van der Waals surface area contributed by atoms with E-state index in [0.717, 1.165) is 87.7 Å². The van der Waals surface area contributed by atoms with Gasteiger partial charge in [-0.2, -0.15) is 9.97 Å². The number of rotatable bonds is 6. The van der Waals surface area contributed by atoms with E-state index in [1.54, 1.807) is 12.1 Å². The van der Waals surface area contributed by atoms with E-state index in [-0.39, 0.29) is 29.4 Å². The first kappa shape index (κ1) is 28.5. The van der Waals surface area contributed by atoms with Crippen LogP contribution in [0.5, 0.6) is 11.8 Å². The van der Waals surface area contributed by atoms with Crippen molar-refractivity contribution in [1.82, 2.24) is 20.2 Å². The predicted octanol–water partition coefficient (Wildman–Crippen LogP) is 5.79. The molecule has 5 fully saturated rings. The molecule has 0 amide bonds. The Balaban J connectivity index is 1.23.